The number of H-pyrrole nitrogens is 1. The van der Waals surface area contributed by atoms with Crippen LogP contribution in [0.4, 0.5) is 5.69 Å². The summed E-state index contributed by atoms with van der Waals surface area (Å²) >= 11 is 0. The van der Waals surface area contributed by atoms with Crippen molar-refractivity contribution in [3.05, 3.63) is 56.9 Å². The predicted molar refractivity (Wildman–Crippen MR) is 98.7 cm³/mol. The summed E-state index contributed by atoms with van der Waals surface area (Å²) in [7, 11) is 0. The molecular weight excluding hydrogens is 368 g/mol. The molecule has 0 fully saturated rings. The van der Waals surface area contributed by atoms with Crippen molar-refractivity contribution in [2.24, 2.45) is 0 Å². The maximum absolute atomic E-state index is 12.6. The van der Waals surface area contributed by atoms with Gasteiger partial charge in [0.15, 0.2) is 24.2 Å². The normalized spacial score (nSPS) is 11.6. The van der Waals surface area contributed by atoms with Gasteiger partial charge < -0.3 is 14.5 Å². The molecule has 1 N–H and O–H groups in total. The summed E-state index contributed by atoms with van der Waals surface area (Å²) in [4.78, 5) is 49.4. The number of aryl methyl sites for hydroxylation is 1. The van der Waals surface area contributed by atoms with Gasteiger partial charge in [0, 0.05) is 17.3 Å². The van der Waals surface area contributed by atoms with E-state index < -0.39 is 29.4 Å². The fourth-order valence-corrected chi connectivity index (χ4v) is 2.88. The lowest BCUT2D eigenvalue weighted by Gasteiger charge is -2.13. The fourth-order valence-electron chi connectivity index (χ4n) is 2.88. The lowest BCUT2D eigenvalue weighted by Crippen LogP contribution is -2.28. The van der Waals surface area contributed by atoms with Crippen molar-refractivity contribution in [2.45, 2.75) is 33.8 Å². The average molecular weight is 388 g/mol. The van der Waals surface area contributed by atoms with E-state index in [9.17, 15) is 24.5 Å². The molecule has 1 aromatic heterocycles. The highest BCUT2D eigenvalue weighted by atomic mass is 16.6. The van der Waals surface area contributed by atoms with Crippen molar-refractivity contribution < 1.29 is 28.8 Å². The van der Waals surface area contributed by atoms with Crippen LogP contribution in [0.5, 0.6) is 5.75 Å². The van der Waals surface area contributed by atoms with Crippen molar-refractivity contribution in [2.75, 3.05) is 6.61 Å². The molecule has 148 valence electrons. The largest absolute Gasteiger partial charge is 0.475 e. The first kappa shape index (κ1) is 20.8. The number of rotatable bonds is 8. The smallest absolute Gasteiger partial charge is 0.344 e. The van der Waals surface area contributed by atoms with Crippen LogP contribution in [0.1, 0.15) is 46.0 Å². The van der Waals surface area contributed by atoms with E-state index in [1.807, 2.05) is 0 Å². The number of aromatic amines is 1. The van der Waals surface area contributed by atoms with Gasteiger partial charge in [0.05, 0.1) is 10.6 Å². The molecule has 0 unspecified atom stereocenters. The number of carbonyl (C=O) groups excluding carboxylic acids is 3. The van der Waals surface area contributed by atoms with E-state index in [4.69, 9.17) is 9.47 Å². The van der Waals surface area contributed by atoms with Gasteiger partial charge in [0.2, 0.25) is 5.78 Å². The van der Waals surface area contributed by atoms with Gasteiger partial charge in [-0.25, -0.2) is 4.79 Å². The summed E-state index contributed by atoms with van der Waals surface area (Å²) in [6.07, 6.45) is -1.13. The minimum absolute atomic E-state index is 0.0784. The Bertz CT molecular complexity index is 946. The zero-order valence-electron chi connectivity index (χ0n) is 15.9. The van der Waals surface area contributed by atoms with E-state index >= 15 is 0 Å². The van der Waals surface area contributed by atoms with Crippen molar-refractivity contribution in [1.29, 1.82) is 0 Å². The SMILES string of the molecule is CC(=O)c1c(C)[nH]c(C(=O)[C@@H](C)OC(=O)COc2ccccc2[N+](=O)[O-])c1C. The topological polar surface area (TPSA) is 129 Å². The van der Waals surface area contributed by atoms with Crippen LogP contribution in [0, 0.1) is 24.0 Å². The molecule has 9 nitrogen and oxygen atoms in total. The number of para-hydroxylation sites is 2. The Kier molecular flexibility index (Phi) is 6.29. The van der Waals surface area contributed by atoms with E-state index in [2.05, 4.69) is 4.98 Å². The first-order valence-corrected chi connectivity index (χ1v) is 8.43. The van der Waals surface area contributed by atoms with Gasteiger partial charge in [0.1, 0.15) is 0 Å². The zero-order chi connectivity index (χ0) is 21.0. The number of benzene rings is 1. The number of nitrogens with one attached hydrogen (secondary N) is 1. The van der Waals surface area contributed by atoms with Crippen molar-refractivity contribution >= 4 is 23.2 Å². The lowest BCUT2D eigenvalue weighted by atomic mass is 10.0. The molecule has 0 bridgehead atoms. The number of hydrogen-bond donors (Lipinski definition) is 1. The molecule has 0 saturated carbocycles. The van der Waals surface area contributed by atoms with Crippen LogP contribution >= 0.6 is 0 Å². The quantitative estimate of drug-likeness (QED) is 0.318. The molecule has 0 spiro atoms. The molecular formula is C19H20N2O7. The van der Waals surface area contributed by atoms with Crippen LogP contribution in [-0.2, 0) is 9.53 Å². The Morgan fingerprint density at radius 1 is 1.21 bits per heavy atom. The molecule has 0 aliphatic heterocycles. The van der Waals surface area contributed by atoms with Crippen LogP contribution in [0.25, 0.3) is 0 Å². The highest BCUT2D eigenvalue weighted by Crippen LogP contribution is 2.26. The summed E-state index contributed by atoms with van der Waals surface area (Å²) < 4.78 is 10.2. The maximum Gasteiger partial charge on any atom is 0.344 e. The molecule has 1 atom stereocenters. The van der Waals surface area contributed by atoms with Crippen LogP contribution in [0.2, 0.25) is 0 Å². The van der Waals surface area contributed by atoms with E-state index in [1.54, 1.807) is 13.8 Å². The van der Waals surface area contributed by atoms with E-state index in [1.165, 1.54) is 38.1 Å². The molecule has 2 aromatic rings. The Hall–Kier alpha value is -3.49. The first-order valence-electron chi connectivity index (χ1n) is 8.43. The first-order chi connectivity index (χ1) is 13.1. The van der Waals surface area contributed by atoms with E-state index in [0.29, 0.717) is 16.8 Å². The van der Waals surface area contributed by atoms with Gasteiger partial charge in [-0.05, 0) is 39.3 Å². The van der Waals surface area contributed by atoms with Crippen LogP contribution in [-0.4, -0.2) is 40.2 Å². The van der Waals surface area contributed by atoms with Crippen molar-refractivity contribution in [3.8, 4) is 5.75 Å². The summed E-state index contributed by atoms with van der Waals surface area (Å²) in [6, 6.07) is 5.60. The minimum atomic E-state index is -1.13. The van der Waals surface area contributed by atoms with Crippen molar-refractivity contribution in [3.63, 3.8) is 0 Å². The summed E-state index contributed by atoms with van der Waals surface area (Å²) in [5.74, 6) is -1.60. The molecule has 0 aliphatic carbocycles. The summed E-state index contributed by atoms with van der Waals surface area (Å²) in [5.41, 5.74) is 1.40. The number of nitro benzene ring substituents is 1. The average Bonchev–Trinajstić information content (AvgIpc) is 2.93. The maximum atomic E-state index is 12.6. The molecule has 0 aliphatic rings. The Morgan fingerprint density at radius 3 is 2.43 bits per heavy atom. The van der Waals surface area contributed by atoms with Gasteiger partial charge in [-0.2, -0.15) is 0 Å². The van der Waals surface area contributed by atoms with Gasteiger partial charge >= 0.3 is 11.7 Å². The second-order valence-corrected chi connectivity index (χ2v) is 6.19. The van der Waals surface area contributed by atoms with Crippen LogP contribution in [0.3, 0.4) is 0 Å². The second kappa shape index (κ2) is 8.47. The fraction of sp³-hybridized carbons (Fsp3) is 0.316. The number of Topliss-reactive ketones (excluding diaryl/α,β-unsaturated/α-hetero) is 2. The summed E-state index contributed by atoms with van der Waals surface area (Å²) in [6.45, 7) is 5.52. The number of ether oxygens (including phenoxy) is 2. The summed E-state index contributed by atoms with van der Waals surface area (Å²) in [5, 5.41) is 10.9. The molecule has 1 heterocycles. The molecule has 1 aromatic carbocycles. The van der Waals surface area contributed by atoms with Crippen molar-refractivity contribution in [1.82, 2.24) is 4.98 Å². The molecule has 0 radical (unpaired) electrons. The number of esters is 1. The number of aromatic nitrogens is 1. The number of nitrogens with zero attached hydrogens (tertiary/aromatic N) is 1. The monoisotopic (exact) mass is 388 g/mol. The van der Waals surface area contributed by atoms with Crippen LogP contribution in [0.15, 0.2) is 24.3 Å². The van der Waals surface area contributed by atoms with Gasteiger partial charge in [-0.15, -0.1) is 0 Å². The molecule has 2 rings (SSSR count). The Balaban J connectivity index is 2.03. The third kappa shape index (κ3) is 4.43. The standard InChI is InChI=1S/C19H20N2O7/c1-10-17(12(3)22)11(2)20-18(10)19(24)13(4)28-16(23)9-27-15-8-6-5-7-14(15)21(25)26/h5-8,13,20H,9H2,1-4H3/t13-/m1/s1. The third-order valence-electron chi connectivity index (χ3n) is 4.12. The Labute approximate surface area is 160 Å². The van der Waals surface area contributed by atoms with E-state index in [-0.39, 0.29) is 22.9 Å². The number of carbonyl (C=O) groups is 3. The zero-order valence-corrected chi connectivity index (χ0v) is 15.9. The molecule has 0 amide bonds. The second-order valence-electron chi connectivity index (χ2n) is 6.19. The number of hydrogen-bond acceptors (Lipinski definition) is 7. The van der Waals surface area contributed by atoms with Gasteiger partial charge in [-0.3, -0.25) is 19.7 Å². The predicted octanol–water partition coefficient (Wildman–Crippen LogP) is 2.94. The highest BCUT2D eigenvalue weighted by Gasteiger charge is 2.26. The van der Waals surface area contributed by atoms with Gasteiger partial charge in [-0.1, -0.05) is 12.1 Å². The molecule has 9 heteroatoms. The Morgan fingerprint density at radius 2 is 1.86 bits per heavy atom. The molecule has 28 heavy (non-hydrogen) atoms. The molecule has 0 saturated heterocycles. The lowest BCUT2D eigenvalue weighted by molar-refractivity contribution is -0.385. The highest BCUT2D eigenvalue weighted by molar-refractivity contribution is 6.05. The third-order valence-corrected chi connectivity index (χ3v) is 4.12. The minimum Gasteiger partial charge on any atom is -0.475 e. The van der Waals surface area contributed by atoms with E-state index in [0.717, 1.165) is 0 Å². The number of nitro groups is 1. The number of ketones is 2. The van der Waals surface area contributed by atoms with Gasteiger partial charge in [0.25, 0.3) is 0 Å². The van der Waals surface area contributed by atoms with Crippen LogP contribution < -0.4 is 4.74 Å².